The maximum absolute atomic E-state index is 5.85. The lowest BCUT2D eigenvalue weighted by Crippen LogP contribution is -2.48. The Morgan fingerprint density at radius 1 is 1.16 bits per heavy atom. The highest BCUT2D eigenvalue weighted by Crippen LogP contribution is 2.28. The lowest BCUT2D eigenvalue weighted by molar-refractivity contribution is 0.126. The summed E-state index contributed by atoms with van der Waals surface area (Å²) in [7, 11) is 3.30. The molecule has 1 aromatic carbocycles. The molecule has 0 fully saturated rings. The second kappa shape index (κ2) is 6.78. The molecule has 1 rings (SSSR count). The lowest BCUT2D eigenvalue weighted by Gasteiger charge is -2.37. The molecule has 0 aliphatic carbocycles. The summed E-state index contributed by atoms with van der Waals surface area (Å²) >= 11 is 0. The highest BCUT2D eigenvalue weighted by atomic mass is 16.5. The maximum atomic E-state index is 5.85. The molecule has 19 heavy (non-hydrogen) atoms. The van der Waals surface area contributed by atoms with E-state index in [-0.39, 0.29) is 5.54 Å². The summed E-state index contributed by atoms with van der Waals surface area (Å²) in [5, 5.41) is 0. The van der Waals surface area contributed by atoms with Crippen molar-refractivity contribution in [1.29, 1.82) is 0 Å². The molecule has 0 saturated heterocycles. The van der Waals surface area contributed by atoms with Gasteiger partial charge >= 0.3 is 0 Å². The highest BCUT2D eigenvalue weighted by molar-refractivity contribution is 5.42. The molecule has 0 unspecified atom stereocenters. The van der Waals surface area contributed by atoms with Crippen LogP contribution >= 0.6 is 0 Å². The summed E-state index contributed by atoms with van der Waals surface area (Å²) < 4.78 is 10.6. The van der Waals surface area contributed by atoms with Crippen LogP contribution in [0.15, 0.2) is 18.2 Å². The van der Waals surface area contributed by atoms with Crippen LogP contribution in [-0.2, 0) is 6.54 Å². The molecule has 0 amide bonds. The van der Waals surface area contributed by atoms with Gasteiger partial charge in [-0.05, 0) is 38.1 Å². The van der Waals surface area contributed by atoms with Crippen molar-refractivity contribution in [3.63, 3.8) is 0 Å². The van der Waals surface area contributed by atoms with E-state index in [1.165, 1.54) is 5.56 Å². The Morgan fingerprint density at radius 3 is 2.26 bits per heavy atom. The summed E-state index contributed by atoms with van der Waals surface area (Å²) in [6.45, 7) is 8.92. The van der Waals surface area contributed by atoms with Crippen molar-refractivity contribution >= 4 is 0 Å². The molecule has 4 heteroatoms. The van der Waals surface area contributed by atoms with E-state index in [1.54, 1.807) is 14.2 Å². The van der Waals surface area contributed by atoms with Gasteiger partial charge in [0.2, 0.25) is 0 Å². The van der Waals surface area contributed by atoms with Crippen LogP contribution in [0.1, 0.15) is 26.3 Å². The molecule has 0 bridgehead atoms. The Bertz CT molecular complexity index is 405. The van der Waals surface area contributed by atoms with E-state index in [0.717, 1.165) is 24.6 Å². The van der Waals surface area contributed by atoms with Gasteiger partial charge in [0.1, 0.15) is 0 Å². The van der Waals surface area contributed by atoms with Crippen LogP contribution in [0.3, 0.4) is 0 Å². The standard InChI is InChI=1S/C15H26N2O2/c1-6-17(15(2,3)11-16)10-12-7-8-13(18-4)14(9-12)19-5/h7-9H,6,10-11,16H2,1-5H3. The second-order valence-electron chi connectivity index (χ2n) is 5.22. The van der Waals surface area contributed by atoms with E-state index in [1.807, 2.05) is 12.1 Å². The fraction of sp³-hybridized carbons (Fsp3) is 0.600. The predicted octanol–water partition coefficient (Wildman–Crippen LogP) is 2.26. The minimum atomic E-state index is -0.0120. The molecule has 0 radical (unpaired) electrons. The lowest BCUT2D eigenvalue weighted by atomic mass is 10.0. The second-order valence-corrected chi connectivity index (χ2v) is 5.22. The molecule has 0 saturated carbocycles. The van der Waals surface area contributed by atoms with Gasteiger partial charge in [-0.2, -0.15) is 0 Å². The van der Waals surface area contributed by atoms with E-state index < -0.39 is 0 Å². The van der Waals surface area contributed by atoms with Crippen LogP contribution in [0.4, 0.5) is 0 Å². The Labute approximate surface area is 116 Å². The monoisotopic (exact) mass is 266 g/mol. The van der Waals surface area contributed by atoms with Crippen LogP contribution in [0.2, 0.25) is 0 Å². The van der Waals surface area contributed by atoms with Gasteiger partial charge in [0.25, 0.3) is 0 Å². The summed E-state index contributed by atoms with van der Waals surface area (Å²) in [5.74, 6) is 1.52. The number of benzene rings is 1. The fourth-order valence-corrected chi connectivity index (χ4v) is 2.08. The zero-order valence-electron chi connectivity index (χ0n) is 12.7. The molecule has 0 aliphatic rings. The zero-order chi connectivity index (χ0) is 14.5. The van der Waals surface area contributed by atoms with Crippen LogP contribution in [0.5, 0.6) is 11.5 Å². The number of likely N-dealkylation sites (N-methyl/N-ethyl adjacent to an activating group) is 1. The van der Waals surface area contributed by atoms with E-state index in [9.17, 15) is 0 Å². The van der Waals surface area contributed by atoms with Gasteiger partial charge in [0.15, 0.2) is 11.5 Å². The SMILES string of the molecule is CCN(Cc1ccc(OC)c(OC)c1)C(C)(C)CN. The summed E-state index contributed by atoms with van der Waals surface area (Å²) in [6, 6.07) is 6.03. The Kier molecular flexibility index (Phi) is 5.63. The van der Waals surface area contributed by atoms with Crippen molar-refractivity contribution in [1.82, 2.24) is 4.90 Å². The summed E-state index contributed by atoms with van der Waals surface area (Å²) in [4.78, 5) is 2.36. The van der Waals surface area contributed by atoms with Crippen LogP contribution in [-0.4, -0.2) is 37.7 Å². The van der Waals surface area contributed by atoms with E-state index in [0.29, 0.717) is 6.54 Å². The Balaban J connectivity index is 2.92. The first-order chi connectivity index (χ1) is 8.98. The highest BCUT2D eigenvalue weighted by Gasteiger charge is 2.23. The molecular weight excluding hydrogens is 240 g/mol. The normalized spacial score (nSPS) is 11.7. The molecular formula is C15H26N2O2. The number of hydrogen-bond donors (Lipinski definition) is 1. The smallest absolute Gasteiger partial charge is 0.161 e. The van der Waals surface area contributed by atoms with Gasteiger partial charge in [-0.3, -0.25) is 4.90 Å². The number of methoxy groups -OCH3 is 2. The molecule has 0 atom stereocenters. The van der Waals surface area contributed by atoms with Crippen molar-refractivity contribution in [3.8, 4) is 11.5 Å². The predicted molar refractivity (Wildman–Crippen MR) is 78.8 cm³/mol. The average molecular weight is 266 g/mol. The van der Waals surface area contributed by atoms with Crippen LogP contribution in [0.25, 0.3) is 0 Å². The first kappa shape index (κ1) is 15.8. The molecule has 0 aliphatic heterocycles. The first-order valence-electron chi connectivity index (χ1n) is 6.64. The van der Waals surface area contributed by atoms with Crippen molar-refractivity contribution in [3.05, 3.63) is 23.8 Å². The quantitative estimate of drug-likeness (QED) is 0.822. The van der Waals surface area contributed by atoms with Gasteiger partial charge in [0, 0.05) is 18.6 Å². The Hall–Kier alpha value is -1.26. The third-order valence-electron chi connectivity index (χ3n) is 3.56. The van der Waals surface area contributed by atoms with Gasteiger partial charge in [-0.25, -0.2) is 0 Å². The van der Waals surface area contributed by atoms with Gasteiger partial charge in [-0.15, -0.1) is 0 Å². The molecule has 4 nitrogen and oxygen atoms in total. The maximum Gasteiger partial charge on any atom is 0.161 e. The fourth-order valence-electron chi connectivity index (χ4n) is 2.08. The van der Waals surface area contributed by atoms with Crippen LogP contribution < -0.4 is 15.2 Å². The third-order valence-corrected chi connectivity index (χ3v) is 3.56. The summed E-state index contributed by atoms with van der Waals surface area (Å²) in [5.41, 5.74) is 7.04. The Morgan fingerprint density at radius 2 is 1.79 bits per heavy atom. The van der Waals surface area contributed by atoms with Crippen molar-refractivity contribution in [2.24, 2.45) is 5.73 Å². The molecule has 108 valence electrons. The number of hydrogen-bond acceptors (Lipinski definition) is 4. The minimum Gasteiger partial charge on any atom is -0.493 e. The van der Waals surface area contributed by atoms with Gasteiger partial charge < -0.3 is 15.2 Å². The van der Waals surface area contributed by atoms with Crippen molar-refractivity contribution < 1.29 is 9.47 Å². The third kappa shape index (κ3) is 3.85. The van der Waals surface area contributed by atoms with E-state index in [4.69, 9.17) is 15.2 Å². The van der Waals surface area contributed by atoms with Gasteiger partial charge in [-0.1, -0.05) is 13.0 Å². The molecule has 1 aromatic rings. The molecule has 0 spiro atoms. The van der Waals surface area contributed by atoms with E-state index >= 15 is 0 Å². The van der Waals surface area contributed by atoms with Crippen molar-refractivity contribution in [2.45, 2.75) is 32.9 Å². The molecule has 0 heterocycles. The first-order valence-corrected chi connectivity index (χ1v) is 6.64. The average Bonchev–Trinajstić information content (AvgIpc) is 2.44. The van der Waals surface area contributed by atoms with E-state index in [2.05, 4.69) is 31.7 Å². The number of ether oxygens (including phenoxy) is 2. The zero-order valence-corrected chi connectivity index (χ0v) is 12.7. The molecule has 0 aromatic heterocycles. The topological polar surface area (TPSA) is 47.7 Å². The van der Waals surface area contributed by atoms with Gasteiger partial charge in [0.05, 0.1) is 14.2 Å². The number of nitrogens with zero attached hydrogens (tertiary/aromatic N) is 1. The van der Waals surface area contributed by atoms with Crippen LogP contribution in [0, 0.1) is 0 Å². The van der Waals surface area contributed by atoms with Crippen molar-refractivity contribution in [2.75, 3.05) is 27.3 Å². The number of nitrogens with two attached hydrogens (primary N) is 1. The summed E-state index contributed by atoms with van der Waals surface area (Å²) in [6.07, 6.45) is 0. The minimum absolute atomic E-state index is 0.0120. The largest absolute Gasteiger partial charge is 0.493 e. The number of rotatable bonds is 7. The molecule has 2 N–H and O–H groups in total.